The first-order chi connectivity index (χ1) is 15.0. The van der Waals surface area contributed by atoms with Gasteiger partial charge < -0.3 is 19.5 Å². The van der Waals surface area contributed by atoms with Gasteiger partial charge in [-0.05, 0) is 47.0 Å². The van der Waals surface area contributed by atoms with Crippen molar-refractivity contribution < 1.29 is 9.53 Å². The summed E-state index contributed by atoms with van der Waals surface area (Å²) in [5, 5.41) is 3.01. The van der Waals surface area contributed by atoms with Gasteiger partial charge in [-0.15, -0.1) is 0 Å². The predicted molar refractivity (Wildman–Crippen MR) is 122 cm³/mol. The normalized spacial score (nSPS) is 10.8. The minimum atomic E-state index is -0.157. The SMILES string of the molecule is COc1cc(CNC(=O)c2cc(-c3cccc(N(C)C)c3)cc3ncn(C)c23)ccn1. The Morgan fingerprint density at radius 1 is 1.10 bits per heavy atom. The number of anilines is 1. The van der Waals surface area contributed by atoms with Crippen LogP contribution in [0.25, 0.3) is 22.2 Å². The van der Waals surface area contributed by atoms with E-state index in [9.17, 15) is 4.79 Å². The summed E-state index contributed by atoms with van der Waals surface area (Å²) < 4.78 is 7.04. The van der Waals surface area contributed by atoms with Crippen molar-refractivity contribution in [3.05, 3.63) is 72.2 Å². The molecule has 1 N–H and O–H groups in total. The number of ether oxygens (including phenoxy) is 1. The number of methoxy groups -OCH3 is 1. The lowest BCUT2D eigenvalue weighted by molar-refractivity contribution is 0.0952. The first-order valence-corrected chi connectivity index (χ1v) is 9.96. The second kappa shape index (κ2) is 8.47. The summed E-state index contributed by atoms with van der Waals surface area (Å²) in [6, 6.07) is 15.8. The van der Waals surface area contributed by atoms with E-state index in [0.29, 0.717) is 18.0 Å². The Bertz CT molecular complexity index is 1250. The molecule has 0 aliphatic heterocycles. The molecule has 158 valence electrons. The Balaban J connectivity index is 1.70. The highest BCUT2D eigenvalue weighted by Crippen LogP contribution is 2.29. The second-order valence-electron chi connectivity index (χ2n) is 7.58. The van der Waals surface area contributed by atoms with Gasteiger partial charge in [0.1, 0.15) is 0 Å². The van der Waals surface area contributed by atoms with Gasteiger partial charge in [-0.25, -0.2) is 9.97 Å². The Hall–Kier alpha value is -3.87. The average molecular weight is 415 g/mol. The molecule has 2 heterocycles. The van der Waals surface area contributed by atoms with E-state index in [1.54, 1.807) is 19.6 Å². The largest absolute Gasteiger partial charge is 0.481 e. The number of carbonyl (C=O) groups is 1. The van der Waals surface area contributed by atoms with E-state index < -0.39 is 0 Å². The zero-order valence-electron chi connectivity index (χ0n) is 18.1. The van der Waals surface area contributed by atoms with Crippen molar-refractivity contribution in [2.24, 2.45) is 7.05 Å². The molecule has 2 aromatic heterocycles. The standard InChI is InChI=1S/C24H25N5O2/c1-28(2)19-7-5-6-17(11-19)18-12-20(23-21(13-18)27-15-29(23)3)24(30)26-14-16-8-9-25-22(10-16)31-4/h5-13,15H,14H2,1-4H3,(H,26,30). The summed E-state index contributed by atoms with van der Waals surface area (Å²) in [6.45, 7) is 0.372. The van der Waals surface area contributed by atoms with Crippen LogP contribution >= 0.6 is 0 Å². The minimum absolute atomic E-state index is 0.157. The molecule has 0 saturated heterocycles. The molecule has 0 fully saturated rings. The van der Waals surface area contributed by atoms with Crippen LogP contribution in [0.5, 0.6) is 5.88 Å². The van der Waals surface area contributed by atoms with Gasteiger partial charge >= 0.3 is 0 Å². The molecule has 7 heteroatoms. The van der Waals surface area contributed by atoms with Crippen molar-refractivity contribution in [3.8, 4) is 17.0 Å². The third-order valence-electron chi connectivity index (χ3n) is 5.21. The third kappa shape index (κ3) is 4.21. The molecule has 4 aromatic rings. The van der Waals surface area contributed by atoms with E-state index in [1.165, 1.54) is 0 Å². The molecule has 0 aliphatic rings. The average Bonchev–Trinajstić information content (AvgIpc) is 3.17. The van der Waals surface area contributed by atoms with Crippen LogP contribution in [0.4, 0.5) is 5.69 Å². The number of imidazole rings is 1. The molecule has 7 nitrogen and oxygen atoms in total. The molecule has 0 spiro atoms. The Morgan fingerprint density at radius 3 is 2.71 bits per heavy atom. The lowest BCUT2D eigenvalue weighted by Gasteiger charge is -2.14. The maximum Gasteiger partial charge on any atom is 0.253 e. The zero-order chi connectivity index (χ0) is 22.0. The summed E-state index contributed by atoms with van der Waals surface area (Å²) >= 11 is 0. The first-order valence-electron chi connectivity index (χ1n) is 9.96. The molecule has 2 aromatic carbocycles. The molecule has 0 bridgehead atoms. The number of amides is 1. The molecule has 0 unspecified atom stereocenters. The van der Waals surface area contributed by atoms with Crippen LogP contribution in [0, 0.1) is 0 Å². The quantitative estimate of drug-likeness (QED) is 0.521. The smallest absolute Gasteiger partial charge is 0.253 e. The van der Waals surface area contributed by atoms with E-state index >= 15 is 0 Å². The van der Waals surface area contributed by atoms with Crippen LogP contribution in [-0.2, 0) is 13.6 Å². The highest BCUT2D eigenvalue weighted by atomic mass is 16.5. The monoisotopic (exact) mass is 415 g/mol. The Kier molecular flexibility index (Phi) is 5.58. The number of hydrogen-bond donors (Lipinski definition) is 1. The number of aryl methyl sites for hydroxylation is 1. The van der Waals surface area contributed by atoms with Crippen LogP contribution in [0.1, 0.15) is 15.9 Å². The molecule has 4 rings (SSSR count). The molecule has 0 aliphatic carbocycles. The van der Waals surface area contributed by atoms with Gasteiger partial charge in [0, 0.05) is 45.6 Å². The number of rotatable bonds is 6. The molecular weight excluding hydrogens is 390 g/mol. The van der Waals surface area contributed by atoms with Gasteiger partial charge in [0.2, 0.25) is 5.88 Å². The van der Waals surface area contributed by atoms with Gasteiger partial charge in [0.05, 0.1) is 30.0 Å². The fourth-order valence-electron chi connectivity index (χ4n) is 3.55. The lowest BCUT2D eigenvalue weighted by Crippen LogP contribution is -2.23. The van der Waals surface area contributed by atoms with E-state index in [4.69, 9.17) is 4.74 Å². The van der Waals surface area contributed by atoms with Crippen LogP contribution in [0.15, 0.2) is 61.1 Å². The maximum absolute atomic E-state index is 13.2. The number of aromatic nitrogens is 3. The Labute approximate surface area is 181 Å². The van der Waals surface area contributed by atoms with Crippen molar-refractivity contribution in [1.29, 1.82) is 0 Å². The van der Waals surface area contributed by atoms with Crippen LogP contribution < -0.4 is 15.0 Å². The van der Waals surface area contributed by atoms with Gasteiger partial charge in [0.25, 0.3) is 5.91 Å². The summed E-state index contributed by atoms with van der Waals surface area (Å²) in [6.07, 6.45) is 3.40. The second-order valence-corrected chi connectivity index (χ2v) is 7.58. The number of nitrogens with zero attached hydrogens (tertiary/aromatic N) is 4. The van der Waals surface area contributed by atoms with E-state index in [-0.39, 0.29) is 5.91 Å². The highest BCUT2D eigenvalue weighted by molar-refractivity contribution is 6.06. The zero-order valence-corrected chi connectivity index (χ0v) is 18.1. The fraction of sp³-hybridized carbons (Fsp3) is 0.208. The van der Waals surface area contributed by atoms with Crippen LogP contribution in [0.2, 0.25) is 0 Å². The maximum atomic E-state index is 13.2. The highest BCUT2D eigenvalue weighted by Gasteiger charge is 2.16. The van der Waals surface area contributed by atoms with Crippen molar-refractivity contribution in [2.45, 2.75) is 6.54 Å². The summed E-state index contributed by atoms with van der Waals surface area (Å²) in [5.74, 6) is 0.360. The molecule has 0 radical (unpaired) electrons. The predicted octanol–water partition coefficient (Wildman–Crippen LogP) is 3.64. The summed E-state index contributed by atoms with van der Waals surface area (Å²) in [4.78, 5) is 23.8. The van der Waals surface area contributed by atoms with Gasteiger partial charge in [-0.3, -0.25) is 4.79 Å². The number of nitrogens with one attached hydrogen (secondary N) is 1. The fourth-order valence-corrected chi connectivity index (χ4v) is 3.55. The van der Waals surface area contributed by atoms with Crippen molar-refractivity contribution in [3.63, 3.8) is 0 Å². The van der Waals surface area contributed by atoms with Crippen molar-refractivity contribution in [2.75, 3.05) is 26.1 Å². The number of fused-ring (bicyclic) bond motifs is 1. The van der Waals surface area contributed by atoms with E-state index in [1.807, 2.05) is 62.1 Å². The number of pyridine rings is 1. The molecule has 31 heavy (non-hydrogen) atoms. The van der Waals surface area contributed by atoms with Gasteiger partial charge in [-0.2, -0.15) is 0 Å². The lowest BCUT2D eigenvalue weighted by atomic mass is 10.0. The van der Waals surface area contributed by atoms with E-state index in [2.05, 4.69) is 32.3 Å². The minimum Gasteiger partial charge on any atom is -0.481 e. The molecule has 1 amide bonds. The number of hydrogen-bond acceptors (Lipinski definition) is 5. The summed E-state index contributed by atoms with van der Waals surface area (Å²) in [5.41, 5.74) is 6.16. The molecular formula is C24H25N5O2. The Morgan fingerprint density at radius 2 is 1.94 bits per heavy atom. The number of carbonyl (C=O) groups excluding carboxylic acids is 1. The van der Waals surface area contributed by atoms with Gasteiger partial charge in [-0.1, -0.05) is 12.1 Å². The first kappa shape index (κ1) is 20.4. The number of benzene rings is 2. The summed E-state index contributed by atoms with van der Waals surface area (Å²) in [7, 11) is 7.48. The molecule has 0 atom stereocenters. The van der Waals surface area contributed by atoms with Gasteiger partial charge in [0.15, 0.2) is 0 Å². The van der Waals surface area contributed by atoms with Crippen LogP contribution in [-0.4, -0.2) is 41.6 Å². The third-order valence-corrected chi connectivity index (χ3v) is 5.21. The van der Waals surface area contributed by atoms with E-state index in [0.717, 1.165) is 33.4 Å². The van der Waals surface area contributed by atoms with Crippen LogP contribution in [0.3, 0.4) is 0 Å². The van der Waals surface area contributed by atoms with Crippen molar-refractivity contribution in [1.82, 2.24) is 19.9 Å². The van der Waals surface area contributed by atoms with Crippen molar-refractivity contribution >= 4 is 22.6 Å². The topological polar surface area (TPSA) is 72.3 Å². The molecule has 0 saturated carbocycles.